The highest BCUT2D eigenvalue weighted by molar-refractivity contribution is 5.23. The molecule has 0 atom stereocenters. The van der Waals surface area contributed by atoms with Crippen molar-refractivity contribution in [2.24, 2.45) is 0 Å². The smallest absolute Gasteiger partial charge is 0.0290 e. The summed E-state index contributed by atoms with van der Waals surface area (Å²) in [6, 6.07) is 0. The van der Waals surface area contributed by atoms with E-state index in [0.29, 0.717) is 0 Å². The van der Waals surface area contributed by atoms with Gasteiger partial charge in [-0.2, -0.15) is 0 Å². The summed E-state index contributed by atoms with van der Waals surface area (Å²) in [7, 11) is 2.06. The summed E-state index contributed by atoms with van der Waals surface area (Å²) in [5.74, 6) is 0. The highest BCUT2D eigenvalue weighted by Gasteiger charge is 1.95. The average Bonchev–Trinajstić information content (AvgIpc) is 2.13. The van der Waals surface area contributed by atoms with Gasteiger partial charge < -0.3 is 4.90 Å². The standard InChI is InChI=1S/C12H21N/c1-6-10-13(5)12(4)9-8-11(3)7-2/h8-9H,3-4,6-7,10H2,1-2,5H3/b9-8-. The first-order valence-electron chi connectivity index (χ1n) is 4.87. The molecule has 1 nitrogen and oxygen atoms in total. The third-order valence-electron chi connectivity index (χ3n) is 2.01. The summed E-state index contributed by atoms with van der Waals surface area (Å²) in [6.45, 7) is 13.2. The van der Waals surface area contributed by atoms with E-state index in [1.165, 1.54) is 0 Å². The Labute approximate surface area is 82.4 Å². The van der Waals surface area contributed by atoms with E-state index in [2.05, 4.69) is 39.0 Å². The lowest BCUT2D eigenvalue weighted by Gasteiger charge is -2.17. The Bertz CT molecular complexity index is 201. The quantitative estimate of drug-likeness (QED) is 0.565. The van der Waals surface area contributed by atoms with E-state index in [1.54, 1.807) is 0 Å². The molecule has 0 spiro atoms. The van der Waals surface area contributed by atoms with Crippen molar-refractivity contribution in [3.05, 3.63) is 36.6 Å². The number of rotatable bonds is 6. The predicted molar refractivity (Wildman–Crippen MR) is 60.6 cm³/mol. The lowest BCUT2D eigenvalue weighted by molar-refractivity contribution is 0.431. The molecule has 0 aromatic heterocycles. The Morgan fingerprint density at radius 2 is 1.85 bits per heavy atom. The second kappa shape index (κ2) is 6.53. The molecule has 0 aromatic rings. The van der Waals surface area contributed by atoms with Crippen molar-refractivity contribution >= 4 is 0 Å². The van der Waals surface area contributed by atoms with Gasteiger partial charge in [0.1, 0.15) is 0 Å². The molecule has 0 saturated carbocycles. The van der Waals surface area contributed by atoms with Crippen molar-refractivity contribution in [3.63, 3.8) is 0 Å². The summed E-state index contributed by atoms with van der Waals surface area (Å²) in [5.41, 5.74) is 2.20. The lowest BCUT2D eigenvalue weighted by Crippen LogP contribution is -2.16. The minimum atomic E-state index is 1.00. The van der Waals surface area contributed by atoms with Gasteiger partial charge in [-0.1, -0.05) is 38.7 Å². The zero-order valence-electron chi connectivity index (χ0n) is 9.14. The Morgan fingerprint density at radius 1 is 1.23 bits per heavy atom. The molecule has 0 aliphatic rings. The number of allylic oxidation sites excluding steroid dienone is 3. The van der Waals surface area contributed by atoms with Gasteiger partial charge in [0.25, 0.3) is 0 Å². The first kappa shape index (κ1) is 12.0. The summed E-state index contributed by atoms with van der Waals surface area (Å²) in [5, 5.41) is 0. The molecule has 13 heavy (non-hydrogen) atoms. The van der Waals surface area contributed by atoms with Gasteiger partial charge in [-0.05, 0) is 18.9 Å². The van der Waals surface area contributed by atoms with Crippen LogP contribution >= 0.6 is 0 Å². The monoisotopic (exact) mass is 179 g/mol. The number of likely N-dealkylation sites (N-methyl/N-ethyl adjacent to an activating group) is 1. The maximum absolute atomic E-state index is 3.98. The SMILES string of the molecule is C=C(/C=C\C(=C)N(C)CCC)CC. The molecular formula is C12H21N. The van der Waals surface area contributed by atoms with E-state index in [9.17, 15) is 0 Å². The normalized spacial score (nSPS) is 10.4. The van der Waals surface area contributed by atoms with Gasteiger partial charge in [0.2, 0.25) is 0 Å². The zero-order valence-corrected chi connectivity index (χ0v) is 9.14. The summed E-state index contributed by atoms with van der Waals surface area (Å²) in [6.07, 6.45) is 6.22. The second-order valence-corrected chi connectivity index (χ2v) is 3.26. The summed E-state index contributed by atoms with van der Waals surface area (Å²) >= 11 is 0. The van der Waals surface area contributed by atoms with Crippen LogP contribution in [0, 0.1) is 0 Å². The van der Waals surface area contributed by atoms with Crippen molar-refractivity contribution in [2.45, 2.75) is 26.7 Å². The van der Waals surface area contributed by atoms with E-state index in [1.807, 2.05) is 12.2 Å². The molecule has 1 heteroatoms. The molecule has 0 rings (SSSR count). The van der Waals surface area contributed by atoms with Gasteiger partial charge >= 0.3 is 0 Å². The molecular weight excluding hydrogens is 158 g/mol. The third kappa shape index (κ3) is 5.29. The fourth-order valence-corrected chi connectivity index (χ4v) is 0.938. The van der Waals surface area contributed by atoms with E-state index in [0.717, 1.165) is 30.7 Å². The van der Waals surface area contributed by atoms with Gasteiger partial charge in [0.05, 0.1) is 0 Å². The average molecular weight is 179 g/mol. The van der Waals surface area contributed by atoms with Gasteiger partial charge in [0, 0.05) is 19.3 Å². The highest BCUT2D eigenvalue weighted by Crippen LogP contribution is 2.05. The third-order valence-corrected chi connectivity index (χ3v) is 2.01. The van der Waals surface area contributed by atoms with Crippen LogP contribution in [0.5, 0.6) is 0 Å². The minimum Gasteiger partial charge on any atom is -0.375 e. The van der Waals surface area contributed by atoms with Crippen molar-refractivity contribution in [1.29, 1.82) is 0 Å². The molecule has 0 heterocycles. The van der Waals surface area contributed by atoms with Crippen LogP contribution in [0.25, 0.3) is 0 Å². The van der Waals surface area contributed by atoms with Crippen LogP contribution < -0.4 is 0 Å². The number of nitrogens with zero attached hydrogens (tertiary/aromatic N) is 1. The molecule has 0 amide bonds. The molecule has 0 aliphatic heterocycles. The Balaban J connectivity index is 3.98. The highest BCUT2D eigenvalue weighted by atomic mass is 15.1. The first-order valence-corrected chi connectivity index (χ1v) is 4.87. The Morgan fingerprint density at radius 3 is 2.31 bits per heavy atom. The van der Waals surface area contributed by atoms with E-state index < -0.39 is 0 Å². The van der Waals surface area contributed by atoms with Crippen LogP contribution in [0.1, 0.15) is 26.7 Å². The molecule has 0 bridgehead atoms. The molecule has 0 N–H and O–H groups in total. The van der Waals surface area contributed by atoms with E-state index >= 15 is 0 Å². The van der Waals surface area contributed by atoms with Crippen molar-refractivity contribution < 1.29 is 0 Å². The van der Waals surface area contributed by atoms with Crippen LogP contribution in [-0.2, 0) is 0 Å². The molecule has 0 fully saturated rings. The van der Waals surface area contributed by atoms with Crippen molar-refractivity contribution in [1.82, 2.24) is 4.90 Å². The topological polar surface area (TPSA) is 3.24 Å². The lowest BCUT2D eigenvalue weighted by atomic mass is 10.2. The molecule has 0 unspecified atom stereocenters. The zero-order chi connectivity index (χ0) is 10.3. The van der Waals surface area contributed by atoms with Crippen molar-refractivity contribution in [3.8, 4) is 0 Å². The van der Waals surface area contributed by atoms with Crippen molar-refractivity contribution in [2.75, 3.05) is 13.6 Å². The van der Waals surface area contributed by atoms with E-state index in [4.69, 9.17) is 0 Å². The Hall–Kier alpha value is -0.980. The second-order valence-electron chi connectivity index (χ2n) is 3.26. The molecule has 74 valence electrons. The van der Waals surface area contributed by atoms with Crippen LogP contribution in [0.15, 0.2) is 36.6 Å². The molecule has 0 radical (unpaired) electrons. The summed E-state index contributed by atoms with van der Waals surface area (Å²) < 4.78 is 0. The van der Waals surface area contributed by atoms with Crippen LogP contribution in [0.4, 0.5) is 0 Å². The van der Waals surface area contributed by atoms with Gasteiger partial charge in [-0.3, -0.25) is 0 Å². The van der Waals surface area contributed by atoms with Gasteiger partial charge in [-0.25, -0.2) is 0 Å². The van der Waals surface area contributed by atoms with Gasteiger partial charge in [0.15, 0.2) is 0 Å². The largest absolute Gasteiger partial charge is 0.375 e. The number of hydrogen-bond donors (Lipinski definition) is 0. The number of hydrogen-bond acceptors (Lipinski definition) is 1. The fraction of sp³-hybridized carbons (Fsp3) is 0.500. The van der Waals surface area contributed by atoms with E-state index in [-0.39, 0.29) is 0 Å². The van der Waals surface area contributed by atoms with Crippen LogP contribution in [0.2, 0.25) is 0 Å². The minimum absolute atomic E-state index is 1.00. The van der Waals surface area contributed by atoms with Crippen LogP contribution in [0.3, 0.4) is 0 Å². The molecule has 0 aromatic carbocycles. The van der Waals surface area contributed by atoms with Gasteiger partial charge in [-0.15, -0.1) is 0 Å². The maximum Gasteiger partial charge on any atom is 0.0290 e. The maximum atomic E-state index is 3.98. The fourth-order valence-electron chi connectivity index (χ4n) is 0.938. The van der Waals surface area contributed by atoms with Crippen LogP contribution in [-0.4, -0.2) is 18.5 Å². The predicted octanol–water partition coefficient (Wildman–Crippen LogP) is 3.36. The summed E-state index contributed by atoms with van der Waals surface area (Å²) in [4.78, 5) is 2.15. The first-order chi connectivity index (χ1) is 6.11. The molecule has 0 saturated heterocycles. The molecule has 0 aliphatic carbocycles. The Kier molecular flexibility index (Phi) is 6.03.